The van der Waals surface area contributed by atoms with Crippen LogP contribution in [0.25, 0.3) is 0 Å². The highest BCUT2D eigenvalue weighted by Crippen LogP contribution is 2.49. The summed E-state index contributed by atoms with van der Waals surface area (Å²) in [6.45, 7) is 7.05. The van der Waals surface area contributed by atoms with Crippen LogP contribution in [0.15, 0.2) is 11.6 Å². The summed E-state index contributed by atoms with van der Waals surface area (Å²) in [7, 11) is 4.70. The van der Waals surface area contributed by atoms with Gasteiger partial charge in [0.1, 0.15) is 0 Å². The highest BCUT2D eigenvalue weighted by atomic mass is 16.5. The summed E-state index contributed by atoms with van der Waals surface area (Å²) < 4.78 is 21.7. The number of phenolic OH excluding ortho intramolecular Hbond substituents is 1. The van der Waals surface area contributed by atoms with Crippen LogP contribution in [0.1, 0.15) is 31.4 Å². The van der Waals surface area contributed by atoms with Crippen molar-refractivity contribution >= 4 is 0 Å². The van der Waals surface area contributed by atoms with E-state index in [0.29, 0.717) is 36.9 Å². The van der Waals surface area contributed by atoms with E-state index in [0.717, 1.165) is 17.5 Å². The normalized spacial score (nSPS) is 10.3. The van der Waals surface area contributed by atoms with Crippen molar-refractivity contribution in [3.8, 4) is 23.0 Å². The molecule has 0 aliphatic carbocycles. The highest BCUT2D eigenvalue weighted by molar-refractivity contribution is 5.66. The minimum atomic E-state index is 0.0887. The predicted octanol–water partition coefficient (Wildman–Crippen LogP) is 3.64. The maximum Gasteiger partial charge on any atom is 0.207 e. The van der Waals surface area contributed by atoms with Crippen LogP contribution >= 0.6 is 0 Å². The number of aromatic hydroxyl groups is 1. The number of methoxy groups -OCH3 is 3. The van der Waals surface area contributed by atoms with Crippen molar-refractivity contribution in [2.75, 3.05) is 34.5 Å². The van der Waals surface area contributed by atoms with Gasteiger partial charge in [0, 0.05) is 31.3 Å². The molecule has 0 atom stereocenters. The first-order valence-corrected chi connectivity index (χ1v) is 7.69. The second-order valence-corrected chi connectivity index (χ2v) is 5.53. The number of phenols is 1. The summed E-state index contributed by atoms with van der Waals surface area (Å²) in [6, 6.07) is 0. The lowest BCUT2D eigenvalue weighted by molar-refractivity contribution is 0.169. The van der Waals surface area contributed by atoms with Gasteiger partial charge in [-0.2, -0.15) is 0 Å². The van der Waals surface area contributed by atoms with E-state index in [1.165, 1.54) is 12.7 Å². The van der Waals surface area contributed by atoms with Crippen molar-refractivity contribution in [1.82, 2.24) is 0 Å². The molecule has 5 nitrogen and oxygen atoms in total. The maximum atomic E-state index is 10.4. The summed E-state index contributed by atoms with van der Waals surface area (Å²) in [5, 5.41) is 10.4. The number of benzene rings is 1. The van der Waals surface area contributed by atoms with Gasteiger partial charge in [-0.05, 0) is 27.2 Å². The summed E-state index contributed by atoms with van der Waals surface area (Å²) >= 11 is 0. The Bertz CT molecular complexity index is 545. The molecule has 23 heavy (non-hydrogen) atoms. The van der Waals surface area contributed by atoms with Crippen LogP contribution in [-0.2, 0) is 11.2 Å². The molecular formula is C18H28O5. The van der Waals surface area contributed by atoms with E-state index < -0.39 is 0 Å². The average molecular weight is 324 g/mol. The first kappa shape index (κ1) is 19.2. The fraction of sp³-hybridized carbons (Fsp3) is 0.556. The highest BCUT2D eigenvalue weighted by Gasteiger charge is 2.24. The second-order valence-electron chi connectivity index (χ2n) is 5.53. The van der Waals surface area contributed by atoms with Crippen molar-refractivity contribution in [1.29, 1.82) is 0 Å². The van der Waals surface area contributed by atoms with Crippen LogP contribution in [0.2, 0.25) is 0 Å². The Morgan fingerprint density at radius 3 is 2.17 bits per heavy atom. The SMILES string of the molecule is COCCCOc1c(CC=C(C)C)c(C)c(O)c(OC)c1OC. The van der Waals surface area contributed by atoms with E-state index in [2.05, 4.69) is 6.08 Å². The van der Waals surface area contributed by atoms with Crippen molar-refractivity contribution in [3.05, 3.63) is 22.8 Å². The Labute approximate surface area is 138 Å². The fourth-order valence-electron chi connectivity index (χ4n) is 2.29. The molecule has 0 saturated carbocycles. The zero-order chi connectivity index (χ0) is 17.4. The van der Waals surface area contributed by atoms with Gasteiger partial charge in [0.05, 0.1) is 20.8 Å². The van der Waals surface area contributed by atoms with Crippen LogP contribution in [0.3, 0.4) is 0 Å². The third kappa shape index (κ3) is 4.79. The topological polar surface area (TPSA) is 57.2 Å². The standard InChI is InChI=1S/C18H28O5/c1-12(2)8-9-14-13(3)15(19)17(21-5)18(22-6)16(14)23-11-7-10-20-4/h8,19H,7,9-11H2,1-6H3. The zero-order valence-electron chi connectivity index (χ0n) is 15.0. The Kier molecular flexibility index (Phi) is 7.75. The molecule has 130 valence electrons. The number of rotatable bonds is 9. The molecule has 0 aliphatic rings. The van der Waals surface area contributed by atoms with Crippen LogP contribution in [0.5, 0.6) is 23.0 Å². The number of hydrogen-bond donors (Lipinski definition) is 1. The van der Waals surface area contributed by atoms with E-state index in [1.54, 1.807) is 14.2 Å². The van der Waals surface area contributed by atoms with Crippen molar-refractivity contribution in [2.24, 2.45) is 0 Å². The molecule has 1 aromatic carbocycles. The van der Waals surface area contributed by atoms with Crippen molar-refractivity contribution in [2.45, 2.75) is 33.6 Å². The maximum absolute atomic E-state index is 10.4. The quantitative estimate of drug-likeness (QED) is 0.555. The molecule has 0 bridgehead atoms. The summed E-state index contributed by atoms with van der Waals surface area (Å²) in [5.74, 6) is 1.43. The molecule has 0 aliphatic heterocycles. The predicted molar refractivity (Wildman–Crippen MR) is 91.1 cm³/mol. The molecular weight excluding hydrogens is 296 g/mol. The van der Waals surface area contributed by atoms with Gasteiger partial charge in [-0.3, -0.25) is 0 Å². The molecule has 1 N–H and O–H groups in total. The third-order valence-electron chi connectivity index (χ3n) is 3.57. The van der Waals surface area contributed by atoms with Gasteiger partial charge in [0.2, 0.25) is 11.5 Å². The van der Waals surface area contributed by atoms with Gasteiger partial charge in [-0.1, -0.05) is 11.6 Å². The smallest absolute Gasteiger partial charge is 0.207 e. The van der Waals surface area contributed by atoms with Crippen LogP contribution in [0, 0.1) is 6.92 Å². The summed E-state index contributed by atoms with van der Waals surface area (Å²) in [4.78, 5) is 0. The van der Waals surface area contributed by atoms with Crippen LogP contribution < -0.4 is 14.2 Å². The molecule has 0 fully saturated rings. The monoisotopic (exact) mass is 324 g/mol. The lowest BCUT2D eigenvalue weighted by Crippen LogP contribution is -2.07. The van der Waals surface area contributed by atoms with Gasteiger partial charge >= 0.3 is 0 Å². The van der Waals surface area contributed by atoms with E-state index in [4.69, 9.17) is 18.9 Å². The molecule has 0 unspecified atom stereocenters. The molecule has 0 spiro atoms. The van der Waals surface area contributed by atoms with Gasteiger partial charge in [0.15, 0.2) is 11.5 Å². The number of allylic oxidation sites excluding steroid dienone is 2. The largest absolute Gasteiger partial charge is 0.504 e. The van der Waals surface area contributed by atoms with Gasteiger partial charge in [-0.25, -0.2) is 0 Å². The van der Waals surface area contributed by atoms with Gasteiger partial charge in [0.25, 0.3) is 0 Å². The molecule has 0 saturated heterocycles. The Balaban J connectivity index is 3.32. The van der Waals surface area contributed by atoms with Crippen LogP contribution in [0.4, 0.5) is 0 Å². The first-order valence-electron chi connectivity index (χ1n) is 7.69. The van der Waals surface area contributed by atoms with E-state index in [-0.39, 0.29) is 5.75 Å². The summed E-state index contributed by atoms with van der Waals surface area (Å²) in [5.41, 5.74) is 2.84. The zero-order valence-corrected chi connectivity index (χ0v) is 15.0. The van der Waals surface area contributed by atoms with Crippen LogP contribution in [-0.4, -0.2) is 39.6 Å². The molecule has 1 rings (SSSR count). The van der Waals surface area contributed by atoms with E-state index >= 15 is 0 Å². The number of ether oxygens (including phenoxy) is 4. The molecule has 0 amide bonds. The lowest BCUT2D eigenvalue weighted by Gasteiger charge is -2.20. The third-order valence-corrected chi connectivity index (χ3v) is 3.57. The van der Waals surface area contributed by atoms with Crippen molar-refractivity contribution in [3.63, 3.8) is 0 Å². The lowest BCUT2D eigenvalue weighted by atomic mass is 10.0. The first-order chi connectivity index (χ1) is 11.0. The second kappa shape index (κ2) is 9.30. The Morgan fingerprint density at radius 2 is 1.65 bits per heavy atom. The average Bonchev–Trinajstić information content (AvgIpc) is 2.53. The minimum Gasteiger partial charge on any atom is -0.504 e. The Morgan fingerprint density at radius 1 is 1.00 bits per heavy atom. The van der Waals surface area contributed by atoms with Gasteiger partial charge in [-0.15, -0.1) is 0 Å². The van der Waals surface area contributed by atoms with Gasteiger partial charge < -0.3 is 24.1 Å². The molecule has 1 aromatic rings. The molecule has 0 heterocycles. The molecule has 0 radical (unpaired) electrons. The molecule has 0 aromatic heterocycles. The fourth-order valence-corrected chi connectivity index (χ4v) is 2.29. The van der Waals surface area contributed by atoms with Crippen molar-refractivity contribution < 1.29 is 24.1 Å². The Hall–Kier alpha value is -1.88. The molecule has 5 heteroatoms. The minimum absolute atomic E-state index is 0.0887. The number of hydrogen-bond acceptors (Lipinski definition) is 5. The summed E-state index contributed by atoms with van der Waals surface area (Å²) in [6.07, 6.45) is 3.52. The van der Waals surface area contributed by atoms with E-state index in [9.17, 15) is 5.11 Å². The van der Waals surface area contributed by atoms with E-state index in [1.807, 2.05) is 20.8 Å².